The summed E-state index contributed by atoms with van der Waals surface area (Å²) in [6, 6.07) is 13.5. The number of fused-ring (bicyclic) bond motifs is 1. The number of hydrogen-bond acceptors (Lipinski definition) is 7. The fourth-order valence-electron chi connectivity index (χ4n) is 3.01. The Balaban J connectivity index is 1.57. The first-order valence-corrected chi connectivity index (χ1v) is 10.8. The monoisotopic (exact) mass is 433 g/mol. The molecule has 4 aromatic rings. The number of primary sulfonamides is 1. The lowest BCUT2D eigenvalue weighted by Gasteiger charge is -2.15. The minimum Gasteiger partial charge on any atom is -0.352 e. The summed E-state index contributed by atoms with van der Waals surface area (Å²) in [4.78, 5) is 8.65. The predicted molar refractivity (Wildman–Crippen MR) is 119 cm³/mol. The molecule has 0 saturated heterocycles. The van der Waals surface area contributed by atoms with Crippen molar-refractivity contribution in [3.05, 3.63) is 66.5 Å². The second-order valence-corrected chi connectivity index (χ2v) is 8.21. The van der Waals surface area contributed by atoms with Crippen molar-refractivity contribution >= 4 is 38.4 Å². The summed E-state index contributed by atoms with van der Waals surface area (Å²) in [5.74, 6) is 6.93. The van der Waals surface area contributed by atoms with Crippen LogP contribution in [0.2, 0.25) is 0 Å². The maximum absolute atomic E-state index is 11.6. The molecule has 0 saturated carbocycles. The summed E-state index contributed by atoms with van der Waals surface area (Å²) in [5.41, 5.74) is 2.38. The van der Waals surface area contributed by atoms with Crippen LogP contribution in [-0.4, -0.2) is 28.6 Å². The number of nitrogens with zero attached hydrogens (tertiary/aromatic N) is 3. The molecule has 31 heavy (non-hydrogen) atoms. The Labute approximate surface area is 179 Å². The Morgan fingerprint density at radius 2 is 2.03 bits per heavy atom. The third kappa shape index (κ3) is 4.80. The summed E-state index contributed by atoms with van der Waals surface area (Å²) in [6.45, 7) is 1.77. The zero-order valence-corrected chi connectivity index (χ0v) is 17.3. The van der Waals surface area contributed by atoms with Gasteiger partial charge in [-0.15, -0.1) is 5.92 Å². The molecular weight excluding hydrogens is 414 g/mol. The van der Waals surface area contributed by atoms with Crippen molar-refractivity contribution in [3.63, 3.8) is 0 Å². The molecule has 0 spiro atoms. The number of aromatic amines is 1. The molecule has 2 aromatic heterocycles. The van der Waals surface area contributed by atoms with Crippen molar-refractivity contribution in [2.75, 3.05) is 10.6 Å². The largest absolute Gasteiger partial charge is 0.352 e. The molecule has 1 atom stereocenters. The minimum atomic E-state index is -3.81. The average Bonchev–Trinajstić information content (AvgIpc) is 3.21. The van der Waals surface area contributed by atoms with Gasteiger partial charge in [-0.3, -0.25) is 5.10 Å². The zero-order chi connectivity index (χ0) is 21.8. The van der Waals surface area contributed by atoms with Gasteiger partial charge >= 0.3 is 0 Å². The highest BCUT2D eigenvalue weighted by Gasteiger charge is 2.12. The van der Waals surface area contributed by atoms with Crippen LogP contribution in [0.15, 0.2) is 65.8 Å². The van der Waals surface area contributed by atoms with Gasteiger partial charge in [0.05, 0.1) is 16.6 Å². The number of anilines is 3. The third-order valence-corrected chi connectivity index (χ3v) is 5.37. The first-order valence-electron chi connectivity index (χ1n) is 9.27. The molecule has 156 valence electrons. The number of aromatic nitrogens is 4. The van der Waals surface area contributed by atoms with E-state index in [4.69, 9.17) is 5.14 Å². The van der Waals surface area contributed by atoms with Crippen LogP contribution in [0, 0.1) is 11.8 Å². The maximum Gasteiger partial charge on any atom is 0.238 e. The molecule has 5 N–H and O–H groups in total. The van der Waals surface area contributed by atoms with Crippen molar-refractivity contribution < 1.29 is 8.42 Å². The van der Waals surface area contributed by atoms with Gasteiger partial charge < -0.3 is 10.6 Å². The van der Waals surface area contributed by atoms with Gasteiger partial charge in [-0.2, -0.15) is 10.1 Å². The quantitative estimate of drug-likeness (QED) is 0.343. The number of nitrogens with one attached hydrogen (secondary N) is 3. The van der Waals surface area contributed by atoms with Gasteiger partial charge in [0.2, 0.25) is 16.0 Å². The molecule has 9 nitrogen and oxygen atoms in total. The number of sulfonamides is 1. The Morgan fingerprint density at radius 1 is 1.16 bits per heavy atom. The third-order valence-electron chi connectivity index (χ3n) is 4.45. The standard InChI is InChI=1S/C21H19N7O2S/c1-2-4-18(14-7-8-15-13-24-28-19(15)11-14)26-20-9-10-23-21(27-20)25-16-5-3-6-17(12-16)31(22,29)30/h3,5-13,18H,1H3,(H,24,28)(H2,22,29,30)(H2,23,25,26,27). The molecular formula is C21H19N7O2S. The Hall–Kier alpha value is -3.94. The molecule has 0 aliphatic carbocycles. The van der Waals surface area contributed by atoms with Gasteiger partial charge in [0.25, 0.3) is 0 Å². The summed E-state index contributed by atoms with van der Waals surface area (Å²) in [5, 5.41) is 19.5. The predicted octanol–water partition coefficient (Wildman–Crippen LogP) is 2.92. The Morgan fingerprint density at radius 3 is 2.84 bits per heavy atom. The highest BCUT2D eigenvalue weighted by atomic mass is 32.2. The fourth-order valence-corrected chi connectivity index (χ4v) is 3.57. The van der Waals surface area contributed by atoms with Crippen molar-refractivity contribution in [3.8, 4) is 11.8 Å². The molecule has 2 heterocycles. The van der Waals surface area contributed by atoms with E-state index >= 15 is 0 Å². The second-order valence-electron chi connectivity index (χ2n) is 6.65. The molecule has 2 aromatic carbocycles. The summed E-state index contributed by atoms with van der Waals surface area (Å²) >= 11 is 0. The molecule has 1 unspecified atom stereocenters. The van der Waals surface area contributed by atoms with E-state index in [9.17, 15) is 8.42 Å². The SMILES string of the molecule is CC#CC(Nc1ccnc(Nc2cccc(S(N)(=O)=O)c2)n1)c1ccc2cn[nH]c2c1. The van der Waals surface area contributed by atoms with E-state index < -0.39 is 10.0 Å². The van der Waals surface area contributed by atoms with Gasteiger partial charge in [-0.1, -0.05) is 24.1 Å². The van der Waals surface area contributed by atoms with E-state index in [1.165, 1.54) is 12.1 Å². The van der Waals surface area contributed by atoms with Gasteiger partial charge in [0.1, 0.15) is 11.9 Å². The smallest absolute Gasteiger partial charge is 0.238 e. The van der Waals surface area contributed by atoms with Gasteiger partial charge in [-0.25, -0.2) is 18.5 Å². The van der Waals surface area contributed by atoms with Crippen LogP contribution in [-0.2, 0) is 10.0 Å². The van der Waals surface area contributed by atoms with Crippen molar-refractivity contribution in [2.24, 2.45) is 5.14 Å². The number of rotatable bonds is 6. The highest BCUT2D eigenvalue weighted by molar-refractivity contribution is 7.89. The zero-order valence-electron chi connectivity index (χ0n) is 16.5. The van der Waals surface area contributed by atoms with E-state index in [2.05, 4.69) is 42.6 Å². The lowest BCUT2D eigenvalue weighted by Crippen LogP contribution is -2.12. The molecule has 4 rings (SSSR count). The number of hydrogen-bond donors (Lipinski definition) is 4. The highest BCUT2D eigenvalue weighted by Crippen LogP contribution is 2.23. The normalized spacial score (nSPS) is 12.1. The minimum absolute atomic E-state index is 0.000683. The summed E-state index contributed by atoms with van der Waals surface area (Å²) < 4.78 is 23.1. The van der Waals surface area contributed by atoms with Crippen molar-refractivity contribution in [2.45, 2.75) is 17.9 Å². The molecule has 0 amide bonds. The van der Waals surface area contributed by atoms with Gasteiger partial charge in [0, 0.05) is 17.3 Å². The topological polar surface area (TPSA) is 139 Å². The Kier molecular flexibility index (Phi) is 5.53. The lowest BCUT2D eigenvalue weighted by molar-refractivity contribution is 0.598. The first-order chi connectivity index (χ1) is 14.9. The van der Waals surface area contributed by atoms with Crippen LogP contribution in [0.4, 0.5) is 17.5 Å². The fraction of sp³-hybridized carbons (Fsp3) is 0.0952. The van der Waals surface area contributed by atoms with E-state index in [-0.39, 0.29) is 10.9 Å². The van der Waals surface area contributed by atoms with E-state index in [0.717, 1.165) is 16.5 Å². The van der Waals surface area contributed by atoms with Gasteiger partial charge in [0.15, 0.2) is 0 Å². The molecule has 0 radical (unpaired) electrons. The van der Waals surface area contributed by atoms with Crippen molar-refractivity contribution in [1.82, 2.24) is 20.2 Å². The lowest BCUT2D eigenvalue weighted by atomic mass is 10.1. The molecule has 0 aliphatic rings. The average molecular weight is 433 g/mol. The second kappa shape index (κ2) is 8.43. The summed E-state index contributed by atoms with van der Waals surface area (Å²) in [7, 11) is -3.81. The molecule has 0 bridgehead atoms. The Bertz CT molecular complexity index is 1400. The number of nitrogens with two attached hydrogens (primary N) is 1. The molecule has 0 fully saturated rings. The van der Waals surface area contributed by atoms with Crippen molar-refractivity contribution in [1.29, 1.82) is 0 Å². The molecule has 10 heteroatoms. The first kappa shape index (κ1) is 20.3. The number of H-pyrrole nitrogens is 1. The van der Waals surface area contributed by atoms with Crippen LogP contribution in [0.3, 0.4) is 0 Å². The van der Waals surface area contributed by atoms with E-state index in [1.807, 2.05) is 18.2 Å². The van der Waals surface area contributed by atoms with Crippen LogP contribution in [0.1, 0.15) is 18.5 Å². The van der Waals surface area contributed by atoms with E-state index in [1.54, 1.807) is 37.5 Å². The maximum atomic E-state index is 11.6. The molecule has 0 aliphatic heterocycles. The van der Waals surface area contributed by atoms with Crippen LogP contribution < -0.4 is 15.8 Å². The van der Waals surface area contributed by atoms with Gasteiger partial charge in [-0.05, 0) is 42.8 Å². The van der Waals surface area contributed by atoms with Crippen LogP contribution in [0.5, 0.6) is 0 Å². The van der Waals surface area contributed by atoms with Crippen LogP contribution in [0.25, 0.3) is 10.9 Å². The van der Waals surface area contributed by atoms with Crippen LogP contribution >= 0.6 is 0 Å². The number of benzene rings is 2. The summed E-state index contributed by atoms with van der Waals surface area (Å²) in [6.07, 6.45) is 3.36. The van der Waals surface area contributed by atoms with E-state index in [0.29, 0.717) is 17.5 Å².